The highest BCUT2D eigenvalue weighted by molar-refractivity contribution is 6.15. The van der Waals surface area contributed by atoms with E-state index in [1.165, 1.54) is 43.0 Å². The van der Waals surface area contributed by atoms with Gasteiger partial charge in [-0.3, -0.25) is 19.3 Å². The van der Waals surface area contributed by atoms with Gasteiger partial charge >= 0.3 is 6.18 Å². The van der Waals surface area contributed by atoms with Crippen molar-refractivity contribution >= 4 is 29.0 Å². The van der Waals surface area contributed by atoms with Gasteiger partial charge in [-0.2, -0.15) is 18.4 Å². The lowest BCUT2D eigenvalue weighted by Gasteiger charge is -2.40. The third-order valence-corrected chi connectivity index (χ3v) is 8.19. The number of hydrogen-bond donors (Lipinski definition) is 0. The Hall–Kier alpha value is -4.91. The predicted octanol–water partition coefficient (Wildman–Crippen LogP) is 6.69. The fraction of sp³-hybridized carbons (Fsp3) is 0.314. The number of Topliss-reactive ketones (excluding diaryl/α,β-unsaturated/α-hetero) is 1. The molecule has 1 aliphatic heterocycles. The molecule has 0 saturated carbocycles. The van der Waals surface area contributed by atoms with Crippen LogP contribution in [0.4, 0.5) is 24.5 Å². The Morgan fingerprint density at radius 2 is 1.60 bits per heavy atom. The van der Waals surface area contributed by atoms with Crippen molar-refractivity contribution in [2.24, 2.45) is 5.92 Å². The number of carbonyl (C=O) groups is 3. The number of benzene rings is 3. The topological polar surface area (TPSA) is 84.7 Å². The maximum absolute atomic E-state index is 14.4. The van der Waals surface area contributed by atoms with Crippen molar-refractivity contribution in [3.63, 3.8) is 0 Å². The Morgan fingerprint density at radius 3 is 2.13 bits per heavy atom. The van der Waals surface area contributed by atoms with Gasteiger partial charge in [0.15, 0.2) is 5.78 Å². The Kier molecular flexibility index (Phi) is 9.81. The SMILES string of the molecule is CCN(CC)c1ccc(CN(C)C(=O)C2C(=O)N(c3cccc(C(F)(F)F)c3)C(C)=C(C(C)=O)C2c2ccc(C#N)cc2)cc1. The van der Waals surface area contributed by atoms with Crippen LogP contribution < -0.4 is 9.80 Å². The highest BCUT2D eigenvalue weighted by Gasteiger charge is 2.48. The molecule has 234 valence electrons. The van der Waals surface area contributed by atoms with Gasteiger partial charge in [0, 0.05) is 55.2 Å². The zero-order chi connectivity index (χ0) is 33.1. The molecule has 0 saturated heterocycles. The number of rotatable bonds is 9. The molecule has 0 N–H and O–H groups in total. The van der Waals surface area contributed by atoms with Crippen LogP contribution in [0.2, 0.25) is 0 Å². The summed E-state index contributed by atoms with van der Waals surface area (Å²) in [5, 5.41) is 9.31. The van der Waals surface area contributed by atoms with Crippen molar-refractivity contribution in [2.45, 2.75) is 46.3 Å². The Labute approximate surface area is 261 Å². The lowest BCUT2D eigenvalue weighted by atomic mass is 9.74. The van der Waals surface area contributed by atoms with Crippen LogP contribution in [0.5, 0.6) is 0 Å². The number of halogens is 3. The third kappa shape index (κ3) is 6.78. The Balaban J connectivity index is 1.82. The first-order valence-electron chi connectivity index (χ1n) is 14.6. The molecule has 4 rings (SSSR count). The molecule has 1 heterocycles. The van der Waals surface area contributed by atoms with Gasteiger partial charge in [0.1, 0.15) is 5.92 Å². The Bertz CT molecular complexity index is 1650. The normalized spacial score (nSPS) is 16.8. The minimum atomic E-state index is -4.67. The van der Waals surface area contributed by atoms with Gasteiger partial charge in [-0.1, -0.05) is 30.3 Å². The number of amides is 2. The summed E-state index contributed by atoms with van der Waals surface area (Å²) in [5.41, 5.74) is 1.87. The van der Waals surface area contributed by atoms with E-state index in [1.807, 2.05) is 30.3 Å². The molecule has 3 aromatic carbocycles. The van der Waals surface area contributed by atoms with Gasteiger partial charge < -0.3 is 9.80 Å². The van der Waals surface area contributed by atoms with Crippen LogP contribution in [0.1, 0.15) is 55.9 Å². The smallest absolute Gasteiger partial charge is 0.372 e. The zero-order valence-corrected chi connectivity index (χ0v) is 25.9. The molecule has 10 heteroatoms. The number of anilines is 2. The van der Waals surface area contributed by atoms with E-state index in [9.17, 15) is 32.8 Å². The Morgan fingerprint density at radius 1 is 0.978 bits per heavy atom. The molecule has 0 radical (unpaired) electrons. The highest BCUT2D eigenvalue weighted by Crippen LogP contribution is 2.44. The summed E-state index contributed by atoms with van der Waals surface area (Å²) < 4.78 is 41.0. The van der Waals surface area contributed by atoms with Crippen molar-refractivity contribution in [3.8, 4) is 6.07 Å². The van der Waals surface area contributed by atoms with Gasteiger partial charge in [-0.25, -0.2) is 0 Å². The highest BCUT2D eigenvalue weighted by atomic mass is 19.4. The van der Waals surface area contributed by atoms with Crippen molar-refractivity contribution in [1.82, 2.24) is 4.90 Å². The zero-order valence-electron chi connectivity index (χ0n) is 25.9. The molecule has 2 atom stereocenters. The molecule has 0 spiro atoms. The minimum absolute atomic E-state index is 0.100. The van der Waals surface area contributed by atoms with Crippen LogP contribution >= 0.6 is 0 Å². The van der Waals surface area contributed by atoms with Gasteiger partial charge in [-0.15, -0.1) is 0 Å². The minimum Gasteiger partial charge on any atom is -0.372 e. The number of allylic oxidation sites excluding steroid dienone is 2. The number of alkyl halides is 3. The number of hydrogen-bond acceptors (Lipinski definition) is 5. The standard InChI is InChI=1S/C35H35F3N4O3/c1-6-41(7-2)28-17-13-25(14-18-28)21-40(5)33(44)32-31(26-15-11-24(20-39)12-16-26)30(23(4)43)22(3)42(34(32)45)29-10-8-9-27(19-29)35(36,37)38/h8-19,31-32H,6-7,21H2,1-5H3. The largest absolute Gasteiger partial charge is 0.416 e. The van der Waals surface area contributed by atoms with Crippen molar-refractivity contribution in [3.05, 3.63) is 106 Å². The van der Waals surface area contributed by atoms with Crippen LogP contribution in [0, 0.1) is 17.2 Å². The van der Waals surface area contributed by atoms with Crippen molar-refractivity contribution < 1.29 is 27.6 Å². The summed E-state index contributed by atoms with van der Waals surface area (Å²) in [6.45, 7) is 8.74. The van der Waals surface area contributed by atoms with E-state index in [4.69, 9.17) is 0 Å². The molecule has 0 bridgehead atoms. The second kappa shape index (κ2) is 13.4. The molecular weight excluding hydrogens is 581 g/mol. The summed E-state index contributed by atoms with van der Waals surface area (Å²) in [7, 11) is 1.55. The molecule has 1 aliphatic rings. The van der Waals surface area contributed by atoms with Gasteiger partial charge in [0.25, 0.3) is 0 Å². The molecule has 3 aromatic rings. The number of ketones is 1. The average Bonchev–Trinajstić information content (AvgIpc) is 3.01. The maximum atomic E-state index is 14.4. The van der Waals surface area contributed by atoms with Crippen LogP contribution in [0.25, 0.3) is 0 Å². The quantitative estimate of drug-likeness (QED) is 0.250. The molecule has 0 aromatic heterocycles. The van der Waals surface area contributed by atoms with E-state index < -0.39 is 41.2 Å². The molecule has 0 fully saturated rings. The van der Waals surface area contributed by atoms with Crippen molar-refractivity contribution in [1.29, 1.82) is 5.26 Å². The number of nitriles is 1. The number of nitrogens with zero attached hydrogens (tertiary/aromatic N) is 4. The molecule has 0 aliphatic carbocycles. The maximum Gasteiger partial charge on any atom is 0.416 e. The van der Waals surface area contributed by atoms with E-state index in [0.717, 1.165) is 41.4 Å². The first kappa shape index (κ1) is 33.0. The van der Waals surface area contributed by atoms with Gasteiger partial charge in [-0.05, 0) is 81.3 Å². The van der Waals surface area contributed by atoms with E-state index >= 15 is 0 Å². The molecule has 2 unspecified atom stereocenters. The molecule has 2 amide bonds. The molecular formula is C35H35F3N4O3. The lowest BCUT2D eigenvalue weighted by Crippen LogP contribution is -2.51. The van der Waals surface area contributed by atoms with Crippen LogP contribution in [-0.2, 0) is 27.1 Å². The average molecular weight is 617 g/mol. The van der Waals surface area contributed by atoms with E-state index in [0.29, 0.717) is 11.1 Å². The monoisotopic (exact) mass is 616 g/mol. The summed E-state index contributed by atoms with van der Waals surface area (Å²) in [5.74, 6) is -4.26. The second-order valence-corrected chi connectivity index (χ2v) is 11.0. The first-order valence-corrected chi connectivity index (χ1v) is 14.6. The molecule has 7 nitrogen and oxygen atoms in total. The lowest BCUT2D eigenvalue weighted by molar-refractivity contribution is -0.142. The van der Waals surface area contributed by atoms with Gasteiger partial charge in [0.05, 0.1) is 17.2 Å². The van der Waals surface area contributed by atoms with E-state index in [2.05, 4.69) is 18.7 Å². The fourth-order valence-corrected chi connectivity index (χ4v) is 5.94. The summed E-state index contributed by atoms with van der Waals surface area (Å²) >= 11 is 0. The molecule has 45 heavy (non-hydrogen) atoms. The van der Waals surface area contributed by atoms with Crippen LogP contribution in [0.15, 0.2) is 84.1 Å². The van der Waals surface area contributed by atoms with Crippen LogP contribution in [-0.4, -0.2) is 42.6 Å². The van der Waals surface area contributed by atoms with Gasteiger partial charge in [0.2, 0.25) is 11.8 Å². The third-order valence-electron chi connectivity index (χ3n) is 8.19. The first-order chi connectivity index (χ1) is 21.3. The summed E-state index contributed by atoms with van der Waals surface area (Å²) in [4.78, 5) is 46.5. The van der Waals surface area contributed by atoms with Crippen molar-refractivity contribution in [2.75, 3.05) is 29.9 Å². The van der Waals surface area contributed by atoms with E-state index in [1.54, 1.807) is 19.2 Å². The number of carbonyl (C=O) groups excluding carboxylic acids is 3. The summed E-state index contributed by atoms with van der Waals surface area (Å²) in [6, 6.07) is 20.3. The fourth-order valence-electron chi connectivity index (χ4n) is 5.94. The predicted molar refractivity (Wildman–Crippen MR) is 166 cm³/mol. The second-order valence-electron chi connectivity index (χ2n) is 11.0. The van der Waals surface area contributed by atoms with Crippen LogP contribution in [0.3, 0.4) is 0 Å². The van der Waals surface area contributed by atoms with E-state index in [-0.39, 0.29) is 23.5 Å². The summed E-state index contributed by atoms with van der Waals surface area (Å²) in [6.07, 6.45) is -4.67.